The molecule has 0 bridgehead atoms. The predicted octanol–water partition coefficient (Wildman–Crippen LogP) is 5.64. The minimum absolute atomic E-state index is 0.172. The highest BCUT2D eigenvalue weighted by Gasteiger charge is 2.51. The molecule has 0 atom stereocenters. The van der Waals surface area contributed by atoms with Crippen LogP contribution in [0.2, 0.25) is 0 Å². The van der Waals surface area contributed by atoms with Crippen LogP contribution in [0.1, 0.15) is 81.1 Å². The largest absolute Gasteiger partial charge is 0.349 e. The van der Waals surface area contributed by atoms with E-state index in [1.165, 1.54) is 0 Å². The summed E-state index contributed by atoms with van der Waals surface area (Å²) in [6.45, 7) is 20.5. The number of hydrogen-bond donors (Lipinski definition) is 0. The number of rotatable bonds is 8. The van der Waals surface area contributed by atoms with Crippen molar-refractivity contribution < 1.29 is 18.9 Å². The Morgan fingerprint density at radius 2 is 0.704 bits per heavy atom. The molecule has 2 aliphatic rings. The predicted molar refractivity (Wildman–Crippen MR) is 110 cm³/mol. The molecule has 2 fully saturated rings. The van der Waals surface area contributed by atoms with Gasteiger partial charge in [-0.15, -0.1) is 0 Å². The summed E-state index contributed by atoms with van der Waals surface area (Å²) in [5.74, 6) is 1.28. The third-order valence-corrected chi connectivity index (χ3v) is 5.44. The minimum Gasteiger partial charge on any atom is -0.349 e. The van der Waals surface area contributed by atoms with Gasteiger partial charge in [-0.25, -0.2) is 0 Å². The van der Waals surface area contributed by atoms with Crippen LogP contribution in [0.3, 0.4) is 0 Å². The van der Waals surface area contributed by atoms with Crippen molar-refractivity contribution in [2.45, 2.75) is 92.6 Å². The van der Waals surface area contributed by atoms with Crippen LogP contribution in [0.5, 0.6) is 0 Å². The molecule has 1 spiro atoms. The van der Waals surface area contributed by atoms with E-state index in [0.29, 0.717) is 50.1 Å². The van der Waals surface area contributed by atoms with E-state index in [1.807, 2.05) is 0 Å². The lowest BCUT2D eigenvalue weighted by Crippen LogP contribution is -2.59. The van der Waals surface area contributed by atoms with E-state index in [2.05, 4.69) is 55.4 Å². The molecule has 0 unspecified atom stereocenters. The molecule has 0 saturated carbocycles. The fourth-order valence-corrected chi connectivity index (χ4v) is 4.60. The van der Waals surface area contributed by atoms with Gasteiger partial charge < -0.3 is 18.9 Å². The van der Waals surface area contributed by atoms with Crippen molar-refractivity contribution in [2.24, 2.45) is 29.1 Å². The van der Waals surface area contributed by atoms with Crippen molar-refractivity contribution in [1.82, 2.24) is 0 Å². The number of ether oxygens (including phenoxy) is 4. The van der Waals surface area contributed by atoms with Gasteiger partial charge in [0.25, 0.3) is 0 Å². The van der Waals surface area contributed by atoms with E-state index >= 15 is 0 Å². The van der Waals surface area contributed by atoms with Gasteiger partial charge in [0.15, 0.2) is 11.6 Å². The molecule has 160 valence electrons. The summed E-state index contributed by atoms with van der Waals surface area (Å²) in [5.41, 5.74) is -0.172. The van der Waals surface area contributed by atoms with Gasteiger partial charge in [0, 0.05) is 25.7 Å². The van der Waals surface area contributed by atoms with Gasteiger partial charge in [0.1, 0.15) is 0 Å². The molecule has 2 rings (SSSR count). The summed E-state index contributed by atoms with van der Waals surface area (Å²) < 4.78 is 25.7. The average molecular weight is 385 g/mol. The zero-order valence-corrected chi connectivity index (χ0v) is 19.1. The molecule has 27 heavy (non-hydrogen) atoms. The van der Waals surface area contributed by atoms with Gasteiger partial charge >= 0.3 is 0 Å². The molecule has 0 amide bonds. The normalized spacial score (nSPS) is 24.4. The monoisotopic (exact) mass is 384 g/mol. The van der Waals surface area contributed by atoms with Crippen LogP contribution in [0.15, 0.2) is 0 Å². The SMILES string of the molecule is CC(C)CC1(CC(C)C)OCC2(CO1)COC(CC(C)C)(CC(C)C)OC2. The molecule has 0 N–H and O–H groups in total. The van der Waals surface area contributed by atoms with Gasteiger partial charge in [-0.05, 0) is 23.7 Å². The van der Waals surface area contributed by atoms with Crippen LogP contribution in [0, 0.1) is 29.1 Å². The summed E-state index contributed by atoms with van der Waals surface area (Å²) in [5, 5.41) is 0. The lowest BCUT2D eigenvalue weighted by molar-refractivity contribution is -0.376. The van der Waals surface area contributed by atoms with Gasteiger partial charge in [0.2, 0.25) is 0 Å². The van der Waals surface area contributed by atoms with Crippen molar-refractivity contribution in [3.8, 4) is 0 Å². The average Bonchev–Trinajstić information content (AvgIpc) is 2.51. The Morgan fingerprint density at radius 1 is 0.481 bits per heavy atom. The highest BCUT2D eigenvalue weighted by atomic mass is 16.7. The number of hydrogen-bond acceptors (Lipinski definition) is 4. The molecule has 4 heteroatoms. The smallest absolute Gasteiger partial charge is 0.168 e. The van der Waals surface area contributed by atoms with E-state index in [4.69, 9.17) is 18.9 Å². The quantitative estimate of drug-likeness (QED) is 0.542. The first-order valence-electron chi connectivity index (χ1n) is 11.1. The summed E-state index contributed by atoms with van der Waals surface area (Å²) in [4.78, 5) is 0. The van der Waals surface area contributed by atoms with Crippen molar-refractivity contribution in [3.63, 3.8) is 0 Å². The van der Waals surface area contributed by atoms with E-state index < -0.39 is 11.6 Å². The molecule has 2 aliphatic heterocycles. The zero-order valence-electron chi connectivity index (χ0n) is 19.1. The van der Waals surface area contributed by atoms with Gasteiger partial charge in [-0.3, -0.25) is 0 Å². The molecule has 0 aromatic carbocycles. The Hall–Kier alpha value is -0.160. The highest BCUT2D eigenvalue weighted by Crippen LogP contribution is 2.43. The third-order valence-electron chi connectivity index (χ3n) is 5.44. The Labute approximate surface area is 167 Å². The van der Waals surface area contributed by atoms with Crippen LogP contribution in [0.4, 0.5) is 0 Å². The van der Waals surface area contributed by atoms with Crippen LogP contribution < -0.4 is 0 Å². The van der Waals surface area contributed by atoms with Crippen molar-refractivity contribution in [2.75, 3.05) is 26.4 Å². The molecule has 0 aliphatic carbocycles. The molecule has 0 aromatic rings. The third kappa shape index (κ3) is 6.42. The van der Waals surface area contributed by atoms with Crippen LogP contribution in [-0.2, 0) is 18.9 Å². The molecule has 4 nitrogen and oxygen atoms in total. The van der Waals surface area contributed by atoms with E-state index in [-0.39, 0.29) is 5.41 Å². The fourth-order valence-electron chi connectivity index (χ4n) is 4.60. The second kappa shape index (κ2) is 9.11. The topological polar surface area (TPSA) is 36.9 Å². The van der Waals surface area contributed by atoms with E-state index in [1.54, 1.807) is 0 Å². The molecular weight excluding hydrogens is 340 g/mol. The molecule has 0 aromatic heterocycles. The second-order valence-electron chi connectivity index (χ2n) is 10.9. The van der Waals surface area contributed by atoms with E-state index in [9.17, 15) is 0 Å². The van der Waals surface area contributed by atoms with Crippen LogP contribution >= 0.6 is 0 Å². The van der Waals surface area contributed by atoms with Gasteiger partial charge in [-0.2, -0.15) is 0 Å². The fraction of sp³-hybridized carbons (Fsp3) is 1.00. The van der Waals surface area contributed by atoms with Crippen molar-refractivity contribution in [3.05, 3.63) is 0 Å². The molecule has 2 heterocycles. The highest BCUT2D eigenvalue weighted by molar-refractivity contribution is 4.91. The first-order chi connectivity index (χ1) is 12.5. The van der Waals surface area contributed by atoms with Crippen molar-refractivity contribution >= 4 is 0 Å². The summed E-state index contributed by atoms with van der Waals surface area (Å²) >= 11 is 0. The summed E-state index contributed by atoms with van der Waals surface area (Å²) in [6, 6.07) is 0. The first kappa shape index (κ1) is 23.1. The molecular formula is C23H44O4. The van der Waals surface area contributed by atoms with E-state index in [0.717, 1.165) is 25.7 Å². The lowest BCUT2D eigenvalue weighted by atomic mass is 9.85. The van der Waals surface area contributed by atoms with Crippen LogP contribution in [-0.4, -0.2) is 38.0 Å². The zero-order chi connectivity index (χ0) is 20.3. The maximum atomic E-state index is 6.43. The maximum Gasteiger partial charge on any atom is 0.168 e. The van der Waals surface area contributed by atoms with Crippen molar-refractivity contribution in [1.29, 1.82) is 0 Å². The maximum absolute atomic E-state index is 6.43. The minimum atomic E-state index is -0.446. The molecule has 0 radical (unpaired) electrons. The Morgan fingerprint density at radius 3 is 0.889 bits per heavy atom. The Bertz CT molecular complexity index is 370. The lowest BCUT2D eigenvalue weighted by Gasteiger charge is -2.52. The van der Waals surface area contributed by atoms with Gasteiger partial charge in [-0.1, -0.05) is 55.4 Å². The van der Waals surface area contributed by atoms with Gasteiger partial charge in [0.05, 0.1) is 31.8 Å². The molecule has 2 saturated heterocycles. The summed E-state index contributed by atoms with van der Waals surface area (Å²) in [7, 11) is 0. The standard InChI is InChI=1S/C23H44O4/c1-17(2)9-22(10-18(3)4)24-13-21(14-25-22)15-26-23(27-16-21,11-19(5)6)12-20(7)8/h17-20H,9-16H2,1-8H3. The summed E-state index contributed by atoms with van der Waals surface area (Å²) in [6.07, 6.45) is 3.75. The van der Waals surface area contributed by atoms with Crippen LogP contribution in [0.25, 0.3) is 0 Å². The first-order valence-corrected chi connectivity index (χ1v) is 11.1. The Kier molecular flexibility index (Phi) is 7.80. The second-order valence-corrected chi connectivity index (χ2v) is 10.9. The Balaban J connectivity index is 2.02.